The maximum absolute atomic E-state index is 13.3. The number of rotatable bonds is 7. The predicted molar refractivity (Wildman–Crippen MR) is 87.8 cm³/mol. The van der Waals surface area contributed by atoms with Crippen LogP contribution in [-0.2, 0) is 12.8 Å². The lowest BCUT2D eigenvalue weighted by Crippen LogP contribution is -2.31. The van der Waals surface area contributed by atoms with Crippen LogP contribution >= 0.6 is 15.9 Å². The Morgan fingerprint density at radius 3 is 2.81 bits per heavy atom. The zero-order chi connectivity index (χ0) is 15.1. The number of hydrogen-bond donors (Lipinski definition) is 1. The average molecular weight is 351 g/mol. The van der Waals surface area contributed by atoms with Gasteiger partial charge in [-0.15, -0.1) is 0 Å². The molecule has 0 fully saturated rings. The van der Waals surface area contributed by atoms with Gasteiger partial charge in [0, 0.05) is 18.4 Å². The molecule has 0 bridgehead atoms. The molecule has 2 rings (SSSR count). The third-order valence-electron chi connectivity index (χ3n) is 3.46. The molecule has 1 heterocycles. The van der Waals surface area contributed by atoms with Gasteiger partial charge >= 0.3 is 0 Å². The molecule has 2 nitrogen and oxygen atoms in total. The van der Waals surface area contributed by atoms with E-state index in [1.54, 1.807) is 6.20 Å². The highest BCUT2D eigenvalue weighted by Crippen LogP contribution is 2.18. The van der Waals surface area contributed by atoms with Gasteiger partial charge in [-0.3, -0.25) is 4.98 Å². The van der Waals surface area contributed by atoms with Crippen LogP contribution in [0.15, 0.2) is 47.2 Å². The molecule has 0 radical (unpaired) electrons. The molecule has 1 N–H and O–H groups in total. The fraction of sp³-hybridized carbons (Fsp3) is 0.353. The van der Waals surface area contributed by atoms with Crippen LogP contribution in [0.25, 0.3) is 0 Å². The van der Waals surface area contributed by atoms with Crippen molar-refractivity contribution in [2.24, 2.45) is 0 Å². The first-order valence-corrected chi connectivity index (χ1v) is 8.04. The number of benzene rings is 1. The van der Waals surface area contributed by atoms with Crippen molar-refractivity contribution >= 4 is 15.9 Å². The Morgan fingerprint density at radius 1 is 1.29 bits per heavy atom. The molecule has 0 aliphatic heterocycles. The van der Waals surface area contributed by atoms with Gasteiger partial charge in [0.05, 0.1) is 4.47 Å². The SMILES string of the molecule is CCNC(CCc1cccnc1)Cc1ccc(F)c(Br)c1. The van der Waals surface area contributed by atoms with Crippen molar-refractivity contribution in [3.05, 3.63) is 64.1 Å². The van der Waals surface area contributed by atoms with Crippen molar-refractivity contribution in [2.45, 2.75) is 32.2 Å². The highest BCUT2D eigenvalue weighted by atomic mass is 79.9. The van der Waals surface area contributed by atoms with Crippen LogP contribution in [-0.4, -0.2) is 17.6 Å². The van der Waals surface area contributed by atoms with E-state index in [9.17, 15) is 4.39 Å². The Labute approximate surface area is 133 Å². The summed E-state index contributed by atoms with van der Waals surface area (Å²) in [4.78, 5) is 4.15. The van der Waals surface area contributed by atoms with Crippen LogP contribution in [0.1, 0.15) is 24.5 Å². The van der Waals surface area contributed by atoms with Gasteiger partial charge < -0.3 is 5.32 Å². The lowest BCUT2D eigenvalue weighted by Gasteiger charge is -2.18. The van der Waals surface area contributed by atoms with Crippen LogP contribution < -0.4 is 5.32 Å². The zero-order valence-electron chi connectivity index (χ0n) is 12.2. The van der Waals surface area contributed by atoms with Crippen molar-refractivity contribution in [3.63, 3.8) is 0 Å². The maximum atomic E-state index is 13.3. The number of halogens is 2. The zero-order valence-corrected chi connectivity index (χ0v) is 13.7. The summed E-state index contributed by atoms with van der Waals surface area (Å²) in [5, 5.41) is 3.51. The monoisotopic (exact) mass is 350 g/mol. The first-order chi connectivity index (χ1) is 10.2. The number of pyridine rings is 1. The smallest absolute Gasteiger partial charge is 0.137 e. The Kier molecular flexibility index (Phi) is 6.33. The van der Waals surface area contributed by atoms with Crippen molar-refractivity contribution in [1.82, 2.24) is 10.3 Å². The fourth-order valence-electron chi connectivity index (χ4n) is 2.40. The Balaban J connectivity index is 1.96. The first-order valence-electron chi connectivity index (χ1n) is 7.25. The second kappa shape index (κ2) is 8.25. The molecule has 0 spiro atoms. The van der Waals surface area contributed by atoms with Crippen LogP contribution in [0.4, 0.5) is 4.39 Å². The average Bonchev–Trinajstić information content (AvgIpc) is 2.50. The van der Waals surface area contributed by atoms with Crippen molar-refractivity contribution in [3.8, 4) is 0 Å². The minimum atomic E-state index is -0.214. The first kappa shape index (κ1) is 16.1. The van der Waals surface area contributed by atoms with E-state index < -0.39 is 0 Å². The van der Waals surface area contributed by atoms with E-state index in [0.29, 0.717) is 10.5 Å². The Hall–Kier alpha value is -1.26. The molecule has 0 saturated heterocycles. The molecule has 112 valence electrons. The van der Waals surface area contributed by atoms with Gasteiger partial charge in [-0.05, 0) is 71.1 Å². The molecular weight excluding hydrogens is 331 g/mol. The summed E-state index contributed by atoms with van der Waals surface area (Å²) < 4.78 is 13.8. The van der Waals surface area contributed by atoms with E-state index in [0.717, 1.165) is 31.4 Å². The number of aromatic nitrogens is 1. The number of aryl methyl sites for hydroxylation is 1. The van der Waals surface area contributed by atoms with Crippen LogP contribution in [0, 0.1) is 5.82 Å². The molecule has 4 heteroatoms. The lowest BCUT2D eigenvalue weighted by molar-refractivity contribution is 0.490. The molecule has 21 heavy (non-hydrogen) atoms. The van der Waals surface area contributed by atoms with E-state index in [-0.39, 0.29) is 5.82 Å². The number of nitrogens with zero attached hydrogens (tertiary/aromatic N) is 1. The second-order valence-electron chi connectivity index (χ2n) is 5.11. The molecule has 1 unspecified atom stereocenters. The third kappa shape index (κ3) is 5.21. The van der Waals surface area contributed by atoms with Crippen molar-refractivity contribution in [1.29, 1.82) is 0 Å². The predicted octanol–water partition coefficient (Wildman–Crippen LogP) is 4.14. The molecule has 0 aliphatic rings. The van der Waals surface area contributed by atoms with Crippen LogP contribution in [0.3, 0.4) is 0 Å². The summed E-state index contributed by atoms with van der Waals surface area (Å²) in [6.45, 7) is 3.04. The van der Waals surface area contributed by atoms with Crippen molar-refractivity contribution in [2.75, 3.05) is 6.54 Å². The standard InChI is InChI=1S/C17H20BrFN2/c1-2-21-15(7-5-13-4-3-9-20-12-13)10-14-6-8-17(19)16(18)11-14/h3-4,6,8-9,11-12,15,21H,2,5,7,10H2,1H3. The van der Waals surface area contributed by atoms with Gasteiger partial charge in [-0.1, -0.05) is 19.1 Å². The summed E-state index contributed by atoms with van der Waals surface area (Å²) >= 11 is 3.25. The Morgan fingerprint density at radius 2 is 2.14 bits per heavy atom. The largest absolute Gasteiger partial charge is 0.314 e. The molecule has 1 atom stereocenters. The minimum absolute atomic E-state index is 0.214. The second-order valence-corrected chi connectivity index (χ2v) is 5.96. The molecule has 2 aromatic rings. The summed E-state index contributed by atoms with van der Waals surface area (Å²) in [6.07, 6.45) is 6.63. The molecule has 0 amide bonds. The van der Waals surface area contributed by atoms with E-state index in [2.05, 4.69) is 39.2 Å². The Bertz CT molecular complexity index is 560. The van der Waals surface area contributed by atoms with E-state index in [4.69, 9.17) is 0 Å². The highest BCUT2D eigenvalue weighted by molar-refractivity contribution is 9.10. The van der Waals surface area contributed by atoms with E-state index in [1.165, 1.54) is 11.6 Å². The molecule has 1 aromatic carbocycles. The van der Waals surface area contributed by atoms with Gasteiger partial charge in [-0.2, -0.15) is 0 Å². The highest BCUT2D eigenvalue weighted by Gasteiger charge is 2.10. The van der Waals surface area contributed by atoms with Gasteiger partial charge in [-0.25, -0.2) is 4.39 Å². The summed E-state index contributed by atoms with van der Waals surface area (Å²) in [5.41, 5.74) is 2.39. The molecule has 0 saturated carbocycles. The van der Waals surface area contributed by atoms with Gasteiger partial charge in [0.15, 0.2) is 0 Å². The minimum Gasteiger partial charge on any atom is -0.314 e. The molecule has 1 aromatic heterocycles. The summed E-state index contributed by atoms with van der Waals surface area (Å²) in [7, 11) is 0. The number of nitrogens with one attached hydrogen (secondary N) is 1. The summed E-state index contributed by atoms with van der Waals surface area (Å²) in [5.74, 6) is -0.214. The fourth-order valence-corrected chi connectivity index (χ4v) is 2.83. The van der Waals surface area contributed by atoms with E-state index in [1.807, 2.05) is 24.4 Å². The van der Waals surface area contributed by atoms with Crippen LogP contribution in [0.5, 0.6) is 0 Å². The summed E-state index contributed by atoms with van der Waals surface area (Å²) in [6, 6.07) is 9.69. The van der Waals surface area contributed by atoms with Crippen LogP contribution in [0.2, 0.25) is 0 Å². The van der Waals surface area contributed by atoms with Gasteiger partial charge in [0.25, 0.3) is 0 Å². The van der Waals surface area contributed by atoms with Gasteiger partial charge in [0.2, 0.25) is 0 Å². The topological polar surface area (TPSA) is 24.9 Å². The molecular formula is C17H20BrFN2. The third-order valence-corrected chi connectivity index (χ3v) is 4.07. The number of likely N-dealkylation sites (N-methyl/N-ethyl adjacent to an activating group) is 1. The quantitative estimate of drug-likeness (QED) is 0.811. The molecule has 0 aliphatic carbocycles. The van der Waals surface area contributed by atoms with E-state index >= 15 is 0 Å². The lowest BCUT2D eigenvalue weighted by atomic mass is 9.99. The van der Waals surface area contributed by atoms with Gasteiger partial charge in [0.1, 0.15) is 5.82 Å². The normalized spacial score (nSPS) is 12.3. The number of hydrogen-bond acceptors (Lipinski definition) is 2. The maximum Gasteiger partial charge on any atom is 0.137 e. The van der Waals surface area contributed by atoms with Crippen molar-refractivity contribution < 1.29 is 4.39 Å².